The number of anilines is 4. The number of aromatic nitrogens is 2. The van der Waals surface area contributed by atoms with Crippen LogP contribution in [0.25, 0.3) is 11.3 Å². The zero-order valence-electron chi connectivity index (χ0n) is 39.7. The second-order valence-corrected chi connectivity index (χ2v) is 20.9. The first-order chi connectivity index (χ1) is 33.4. The van der Waals surface area contributed by atoms with Crippen LogP contribution in [0.15, 0.2) is 66.7 Å². The molecular weight excluding hydrogens is 878 g/mol. The van der Waals surface area contributed by atoms with Gasteiger partial charge in [-0.2, -0.15) is 0 Å². The van der Waals surface area contributed by atoms with Gasteiger partial charge in [-0.15, -0.1) is 10.2 Å². The molecule has 5 saturated heterocycles. The Morgan fingerprint density at radius 3 is 2.45 bits per heavy atom. The number of benzene rings is 3. The Morgan fingerprint density at radius 1 is 0.913 bits per heavy atom. The van der Waals surface area contributed by atoms with Gasteiger partial charge in [0.15, 0.2) is 11.6 Å². The van der Waals surface area contributed by atoms with E-state index in [0.717, 1.165) is 93.1 Å². The molecule has 4 bridgehead atoms. The van der Waals surface area contributed by atoms with Gasteiger partial charge in [0, 0.05) is 83.3 Å². The van der Waals surface area contributed by atoms with E-state index in [1.165, 1.54) is 12.5 Å². The van der Waals surface area contributed by atoms with E-state index < -0.39 is 6.04 Å². The van der Waals surface area contributed by atoms with E-state index in [0.29, 0.717) is 85.9 Å². The smallest absolute Gasteiger partial charge is 0.319 e. The molecule has 364 valence electrons. The van der Waals surface area contributed by atoms with Gasteiger partial charge in [0.2, 0.25) is 11.8 Å². The van der Waals surface area contributed by atoms with Crippen LogP contribution in [0.4, 0.5) is 32.1 Å². The summed E-state index contributed by atoms with van der Waals surface area (Å²) >= 11 is 0. The molecule has 7 heterocycles. The fraction of sp³-hybridized carbons (Fsp3) is 0.528. The molecule has 16 heteroatoms. The standard InChI is InChI=1S/C53H64FN9O6/c1-32-31-63(45-10-11-48(65)56-51(45)66)44-8-5-7-43(49(44)68-32)60-20-14-37(15-21-60)59(2)52(67)62-22-16-38(17-23-62)69-39-25-33(24-36(54)27-39)29-53-30-34-12-18-61(19-13-35(53)26-41(34)53)46-28-42(57-58-50(46)55)40-6-3-4-9-47(40)64/h3-9,24-25,27-28,32,34-35,37-38,41,45,64H,10-23,26,29-31H2,1-2H3,(H2,55,58)(H,56,65,66)/t32-,34+,35+,41?,45?,53?/m1/s1. The van der Waals surface area contributed by atoms with Crippen LogP contribution in [0.1, 0.15) is 76.7 Å². The summed E-state index contributed by atoms with van der Waals surface area (Å²) in [4.78, 5) is 49.3. The molecular formula is C53H64FN9O6. The van der Waals surface area contributed by atoms with Gasteiger partial charge in [0.1, 0.15) is 35.6 Å². The average molecular weight is 942 g/mol. The van der Waals surface area contributed by atoms with E-state index in [1.54, 1.807) is 18.2 Å². The van der Waals surface area contributed by atoms with Gasteiger partial charge >= 0.3 is 6.03 Å². The number of hydrogen-bond acceptors (Lipinski definition) is 12. The number of carbonyl (C=O) groups is 3. The lowest BCUT2D eigenvalue weighted by atomic mass is 9.36. The highest BCUT2D eigenvalue weighted by Gasteiger charge is 2.64. The maximum Gasteiger partial charge on any atom is 0.319 e. The summed E-state index contributed by atoms with van der Waals surface area (Å²) in [5.41, 5.74) is 11.5. The number of nitrogens with zero attached hydrogens (tertiary/aromatic N) is 7. The number of hydrogen-bond donors (Lipinski definition) is 3. The monoisotopic (exact) mass is 941 g/mol. The molecule has 4 amide bonds. The third-order valence-electron chi connectivity index (χ3n) is 16.9. The molecule has 6 atom stereocenters. The Balaban J connectivity index is 0.674. The van der Waals surface area contributed by atoms with E-state index in [-0.39, 0.29) is 53.1 Å². The Labute approximate surface area is 403 Å². The highest BCUT2D eigenvalue weighted by atomic mass is 19.1. The normalized spacial score (nSPS) is 27.1. The Kier molecular flexibility index (Phi) is 11.9. The van der Waals surface area contributed by atoms with E-state index in [1.807, 2.05) is 54.1 Å². The topological polar surface area (TPSA) is 170 Å². The molecule has 69 heavy (non-hydrogen) atoms. The van der Waals surface area contributed by atoms with E-state index >= 15 is 4.39 Å². The molecule has 8 aliphatic rings. The fourth-order valence-corrected chi connectivity index (χ4v) is 13.3. The third-order valence-corrected chi connectivity index (χ3v) is 16.9. The van der Waals surface area contributed by atoms with E-state index in [9.17, 15) is 19.5 Å². The molecule has 12 rings (SSSR count). The lowest BCUT2D eigenvalue weighted by Gasteiger charge is -2.68. The summed E-state index contributed by atoms with van der Waals surface area (Å²) in [5.74, 6) is 2.89. The quantitative estimate of drug-likeness (QED) is 0.147. The molecule has 3 unspecified atom stereocenters. The first-order valence-electron chi connectivity index (χ1n) is 25.2. The molecule has 6 aliphatic heterocycles. The van der Waals surface area contributed by atoms with Gasteiger partial charge in [-0.25, -0.2) is 9.18 Å². The highest BCUT2D eigenvalue weighted by Crippen LogP contribution is 2.71. The predicted molar refractivity (Wildman–Crippen MR) is 261 cm³/mol. The number of amides is 4. The van der Waals surface area contributed by atoms with Crippen LogP contribution in [0.3, 0.4) is 0 Å². The first kappa shape index (κ1) is 45.1. The van der Waals surface area contributed by atoms with Crippen LogP contribution < -0.4 is 35.2 Å². The van der Waals surface area contributed by atoms with Gasteiger partial charge in [-0.05, 0) is 129 Å². The van der Waals surface area contributed by atoms with E-state index in [4.69, 9.17) is 15.2 Å². The van der Waals surface area contributed by atoms with Crippen molar-refractivity contribution < 1.29 is 33.4 Å². The molecule has 4 N–H and O–H groups in total. The van der Waals surface area contributed by atoms with Gasteiger partial charge in [-0.1, -0.05) is 18.2 Å². The second kappa shape index (κ2) is 18.2. The van der Waals surface area contributed by atoms with Crippen molar-refractivity contribution in [3.63, 3.8) is 0 Å². The Bertz CT molecular complexity index is 2620. The number of nitrogen functional groups attached to an aromatic ring is 1. The third kappa shape index (κ3) is 8.51. The van der Waals surface area contributed by atoms with Gasteiger partial charge in [0.25, 0.3) is 0 Å². The number of nitrogens with one attached hydrogen (secondary N) is 1. The summed E-state index contributed by atoms with van der Waals surface area (Å²) in [6, 6.07) is 20.1. The molecule has 7 fully saturated rings. The molecule has 2 saturated carbocycles. The zero-order chi connectivity index (χ0) is 47.6. The summed E-state index contributed by atoms with van der Waals surface area (Å²) in [6.45, 7) is 6.95. The number of nitrogens with two attached hydrogens (primary N) is 1. The van der Waals surface area contributed by atoms with Crippen LogP contribution in [0.2, 0.25) is 0 Å². The average Bonchev–Trinajstić information content (AvgIpc) is 3.50. The zero-order valence-corrected chi connectivity index (χ0v) is 39.7. The summed E-state index contributed by atoms with van der Waals surface area (Å²) in [7, 11) is 1.91. The second-order valence-electron chi connectivity index (χ2n) is 20.9. The lowest BCUT2D eigenvalue weighted by Crippen LogP contribution is -2.62. The number of urea groups is 1. The minimum atomic E-state index is -0.422. The molecule has 1 aromatic heterocycles. The number of carbonyl (C=O) groups excluding carboxylic acids is 3. The van der Waals surface area contributed by atoms with Crippen LogP contribution in [-0.4, -0.2) is 120 Å². The number of imide groups is 1. The molecule has 0 spiro atoms. The number of rotatable bonds is 9. The van der Waals surface area contributed by atoms with Crippen molar-refractivity contribution in [3.8, 4) is 28.5 Å². The summed E-state index contributed by atoms with van der Waals surface area (Å²) < 4.78 is 28.3. The number of likely N-dealkylation sites (tertiary alicyclic amines) is 1. The summed E-state index contributed by atoms with van der Waals surface area (Å²) in [5, 5.41) is 21.6. The largest absolute Gasteiger partial charge is 0.507 e. The first-order valence-corrected chi connectivity index (χ1v) is 25.2. The number of aromatic hydroxyl groups is 1. The number of ether oxygens (including phenoxy) is 2. The van der Waals surface area contributed by atoms with Gasteiger partial charge < -0.3 is 44.8 Å². The molecule has 4 aromatic rings. The number of para-hydroxylation sites is 2. The maximum atomic E-state index is 15.4. The number of piperidine rings is 3. The van der Waals surface area contributed by atoms with Gasteiger partial charge in [-0.3, -0.25) is 14.9 Å². The van der Waals surface area contributed by atoms with Crippen molar-refractivity contribution in [1.29, 1.82) is 0 Å². The summed E-state index contributed by atoms with van der Waals surface area (Å²) in [6.07, 6.45) is 8.78. The van der Waals surface area contributed by atoms with Crippen molar-refractivity contribution in [2.45, 2.75) is 102 Å². The van der Waals surface area contributed by atoms with Crippen molar-refractivity contribution >= 4 is 40.7 Å². The van der Waals surface area contributed by atoms with Crippen LogP contribution in [-0.2, 0) is 16.0 Å². The van der Waals surface area contributed by atoms with Crippen LogP contribution >= 0.6 is 0 Å². The van der Waals surface area contributed by atoms with E-state index in [2.05, 4.69) is 42.3 Å². The highest BCUT2D eigenvalue weighted by molar-refractivity contribution is 6.02. The molecule has 2 aliphatic carbocycles. The molecule has 15 nitrogen and oxygen atoms in total. The Morgan fingerprint density at radius 2 is 1.67 bits per heavy atom. The maximum absolute atomic E-state index is 15.4. The lowest BCUT2D eigenvalue weighted by molar-refractivity contribution is -0.190. The fourth-order valence-electron chi connectivity index (χ4n) is 13.3. The van der Waals surface area contributed by atoms with Crippen molar-refractivity contribution in [3.05, 3.63) is 78.1 Å². The molecule has 0 radical (unpaired) electrons. The number of fused-ring (bicyclic) bond motifs is 5. The predicted octanol–water partition coefficient (Wildman–Crippen LogP) is 7.01. The SMILES string of the molecule is C[C@@H]1CN(C2CCC(=O)NC2=O)c2cccc(N3CCC(N(C)C(=O)N4CCC(Oc5cc(F)cc(CC67C[C@@H]8CCN(c9cc(-c%10ccccc%10O)nnc9N)CC[C@H]6CC87)c5)CC4)CC3)c2O1. The number of phenols is 1. The van der Waals surface area contributed by atoms with Crippen LogP contribution in [0, 0.1) is 29.0 Å². The number of halogens is 1. The number of phenolic OH excluding ortho intramolecular Hbond substituents is 1. The van der Waals surface area contributed by atoms with Gasteiger partial charge in [0.05, 0.1) is 29.3 Å². The Hall–Kier alpha value is -6.32. The van der Waals surface area contributed by atoms with Crippen molar-refractivity contribution in [2.75, 3.05) is 73.3 Å². The molecule has 3 aromatic carbocycles. The van der Waals surface area contributed by atoms with Crippen molar-refractivity contribution in [1.82, 2.24) is 25.3 Å². The van der Waals surface area contributed by atoms with Crippen molar-refractivity contribution in [2.24, 2.45) is 23.2 Å². The van der Waals surface area contributed by atoms with Crippen LogP contribution in [0.5, 0.6) is 17.2 Å². The minimum absolute atomic E-state index is 0.0296. The minimum Gasteiger partial charge on any atom is -0.507 e.